The molecule has 2 fully saturated rings. The zero-order valence-corrected chi connectivity index (χ0v) is 13.0. The van der Waals surface area contributed by atoms with Gasteiger partial charge in [-0.1, -0.05) is 43.7 Å². The molecular formula is C17H20O6. The second kappa shape index (κ2) is 7.21. The van der Waals surface area contributed by atoms with E-state index in [-0.39, 0.29) is 6.61 Å². The zero-order valence-electron chi connectivity index (χ0n) is 13.0. The van der Waals surface area contributed by atoms with E-state index in [2.05, 4.69) is 0 Å². The van der Waals surface area contributed by atoms with Crippen molar-refractivity contribution in [2.24, 2.45) is 0 Å². The number of carbonyl (C=O) groups is 2. The number of ether oxygens (including phenoxy) is 4. The Morgan fingerprint density at radius 3 is 2.74 bits per heavy atom. The van der Waals surface area contributed by atoms with Crippen molar-refractivity contribution in [3.8, 4) is 0 Å². The fourth-order valence-electron chi connectivity index (χ4n) is 2.68. The lowest BCUT2D eigenvalue weighted by Crippen LogP contribution is -2.40. The Bertz CT molecular complexity index is 557. The molecule has 0 bridgehead atoms. The van der Waals surface area contributed by atoms with Gasteiger partial charge in [0.1, 0.15) is 6.10 Å². The molecule has 0 spiro atoms. The van der Waals surface area contributed by atoms with Crippen LogP contribution in [0.5, 0.6) is 0 Å². The summed E-state index contributed by atoms with van der Waals surface area (Å²) < 4.78 is 22.2. The number of unbranched alkanes of at least 4 members (excludes halogenated alkanes) is 1. The number of hydrogen-bond acceptors (Lipinski definition) is 6. The van der Waals surface area contributed by atoms with Crippen molar-refractivity contribution in [2.45, 2.75) is 44.4 Å². The summed E-state index contributed by atoms with van der Waals surface area (Å²) in [5, 5.41) is 0. The Labute approximate surface area is 134 Å². The van der Waals surface area contributed by atoms with Crippen molar-refractivity contribution in [1.82, 2.24) is 0 Å². The van der Waals surface area contributed by atoms with Gasteiger partial charge >= 0.3 is 5.97 Å². The van der Waals surface area contributed by atoms with Crippen LogP contribution >= 0.6 is 0 Å². The molecule has 1 aromatic rings. The normalized spacial score (nSPS) is 30.7. The second-order valence-corrected chi connectivity index (χ2v) is 5.63. The van der Waals surface area contributed by atoms with E-state index in [1.165, 1.54) is 0 Å². The average Bonchev–Trinajstić information content (AvgIpc) is 3.16. The lowest BCUT2D eigenvalue weighted by Gasteiger charge is -2.21. The first-order valence-corrected chi connectivity index (χ1v) is 7.89. The van der Waals surface area contributed by atoms with Crippen LogP contribution in [-0.2, 0) is 28.5 Å². The number of carbonyl (C=O) groups excluding carboxylic acids is 2. The number of cyclic esters (lactones) is 1. The van der Waals surface area contributed by atoms with Gasteiger partial charge in [0.05, 0.1) is 6.61 Å². The van der Waals surface area contributed by atoms with Crippen molar-refractivity contribution < 1.29 is 28.5 Å². The summed E-state index contributed by atoms with van der Waals surface area (Å²) in [4.78, 5) is 23.5. The largest absolute Gasteiger partial charge is 0.450 e. The van der Waals surface area contributed by atoms with Crippen LogP contribution in [-0.4, -0.2) is 43.3 Å². The fourth-order valence-corrected chi connectivity index (χ4v) is 2.68. The van der Waals surface area contributed by atoms with Crippen LogP contribution in [0.4, 0.5) is 0 Å². The minimum atomic E-state index is -0.905. The highest BCUT2D eigenvalue weighted by Gasteiger charge is 2.51. The Hall–Kier alpha value is -1.76. The van der Waals surface area contributed by atoms with E-state index in [0.29, 0.717) is 6.61 Å². The van der Waals surface area contributed by atoms with Gasteiger partial charge in [-0.15, -0.1) is 0 Å². The van der Waals surface area contributed by atoms with Crippen LogP contribution in [0.15, 0.2) is 30.3 Å². The van der Waals surface area contributed by atoms with Gasteiger partial charge in [0.2, 0.25) is 0 Å². The molecule has 0 radical (unpaired) electrons. The summed E-state index contributed by atoms with van der Waals surface area (Å²) >= 11 is 0. The number of benzene rings is 1. The minimum absolute atomic E-state index is 0.248. The van der Waals surface area contributed by atoms with E-state index in [1.807, 2.05) is 37.3 Å². The zero-order chi connectivity index (χ0) is 16.2. The molecule has 23 heavy (non-hydrogen) atoms. The summed E-state index contributed by atoms with van der Waals surface area (Å²) in [7, 11) is 0. The van der Waals surface area contributed by atoms with Crippen LogP contribution in [0.3, 0.4) is 0 Å². The van der Waals surface area contributed by atoms with Crippen molar-refractivity contribution in [3.63, 3.8) is 0 Å². The molecule has 0 saturated carbocycles. The van der Waals surface area contributed by atoms with Crippen LogP contribution in [0.1, 0.15) is 31.6 Å². The topological polar surface area (TPSA) is 71.1 Å². The highest BCUT2D eigenvalue weighted by Crippen LogP contribution is 2.32. The minimum Gasteiger partial charge on any atom is -0.450 e. The molecule has 0 N–H and O–H groups in total. The number of hydrogen-bond donors (Lipinski definition) is 0. The van der Waals surface area contributed by atoms with Crippen LogP contribution in [0.2, 0.25) is 0 Å². The summed E-state index contributed by atoms with van der Waals surface area (Å²) in [6.07, 6.45) is -0.925. The van der Waals surface area contributed by atoms with E-state index in [0.717, 1.165) is 18.4 Å². The molecule has 2 saturated heterocycles. The molecule has 4 atom stereocenters. The highest BCUT2D eigenvalue weighted by atomic mass is 16.7. The number of Topliss-reactive ketones (excluding diaryl/α,β-unsaturated/α-hetero) is 1. The lowest BCUT2D eigenvalue weighted by atomic mass is 10.1. The summed E-state index contributed by atoms with van der Waals surface area (Å²) in [6, 6.07) is 9.49. The summed E-state index contributed by atoms with van der Waals surface area (Å²) in [5.74, 6) is -1.50. The maximum atomic E-state index is 11.9. The van der Waals surface area contributed by atoms with Gasteiger partial charge in [-0.3, -0.25) is 4.79 Å². The Morgan fingerprint density at radius 2 is 2.00 bits per heavy atom. The van der Waals surface area contributed by atoms with Crippen molar-refractivity contribution in [3.05, 3.63) is 35.9 Å². The fraction of sp³-hybridized carbons (Fsp3) is 0.529. The number of ketones is 1. The molecule has 6 nitrogen and oxygen atoms in total. The van der Waals surface area contributed by atoms with Crippen LogP contribution in [0, 0.1) is 0 Å². The second-order valence-electron chi connectivity index (χ2n) is 5.63. The molecule has 2 unspecified atom stereocenters. The first-order chi connectivity index (χ1) is 11.2. The van der Waals surface area contributed by atoms with Gasteiger partial charge in [-0.25, -0.2) is 4.79 Å². The Morgan fingerprint density at radius 1 is 1.22 bits per heavy atom. The number of esters is 1. The smallest absolute Gasteiger partial charge is 0.378 e. The molecule has 0 aromatic heterocycles. The third-order valence-electron chi connectivity index (χ3n) is 3.94. The van der Waals surface area contributed by atoms with E-state index in [9.17, 15) is 9.59 Å². The van der Waals surface area contributed by atoms with Gasteiger partial charge in [0, 0.05) is 12.2 Å². The Balaban J connectivity index is 1.65. The molecule has 6 heteroatoms. The van der Waals surface area contributed by atoms with Gasteiger partial charge in [0.15, 0.2) is 18.5 Å². The molecule has 2 heterocycles. The molecule has 124 valence electrons. The third kappa shape index (κ3) is 3.44. The first-order valence-electron chi connectivity index (χ1n) is 7.89. The van der Waals surface area contributed by atoms with E-state index >= 15 is 0 Å². The van der Waals surface area contributed by atoms with Crippen LogP contribution < -0.4 is 0 Å². The molecule has 2 aliphatic heterocycles. The van der Waals surface area contributed by atoms with Gasteiger partial charge in [-0.2, -0.15) is 0 Å². The van der Waals surface area contributed by atoms with Crippen LogP contribution in [0.25, 0.3) is 0 Å². The standard InChI is InChI=1S/C17H20O6/c1-2-3-9-20-15-13(18)16(19)23-14(15)12-10-21-17(22-12)11-7-5-4-6-8-11/h4-8,12,14-15,17H,2-3,9-10H2,1H3/t12-,14+,15?,17?/m0/s1. The molecule has 2 aliphatic rings. The van der Waals surface area contributed by atoms with E-state index < -0.39 is 36.4 Å². The quantitative estimate of drug-likeness (QED) is 0.452. The maximum absolute atomic E-state index is 11.9. The van der Waals surface area contributed by atoms with Gasteiger partial charge in [-0.05, 0) is 6.42 Å². The Kier molecular flexibility index (Phi) is 5.05. The molecular weight excluding hydrogens is 300 g/mol. The molecule has 0 aliphatic carbocycles. The third-order valence-corrected chi connectivity index (χ3v) is 3.94. The monoisotopic (exact) mass is 320 g/mol. The SMILES string of the molecule is CCCCOC1C(=O)C(=O)O[C@@H]1[C@@H]1COC(c2ccccc2)O1. The molecule has 3 rings (SSSR count). The summed E-state index contributed by atoms with van der Waals surface area (Å²) in [5.41, 5.74) is 0.883. The maximum Gasteiger partial charge on any atom is 0.378 e. The van der Waals surface area contributed by atoms with E-state index in [4.69, 9.17) is 18.9 Å². The average molecular weight is 320 g/mol. The lowest BCUT2D eigenvalue weighted by molar-refractivity contribution is -0.153. The van der Waals surface area contributed by atoms with Gasteiger partial charge in [0.25, 0.3) is 5.78 Å². The number of rotatable bonds is 6. The summed E-state index contributed by atoms with van der Waals surface area (Å²) in [6.45, 7) is 2.69. The van der Waals surface area contributed by atoms with E-state index in [1.54, 1.807) is 0 Å². The predicted molar refractivity (Wildman–Crippen MR) is 79.5 cm³/mol. The molecule has 0 amide bonds. The van der Waals surface area contributed by atoms with Crippen molar-refractivity contribution in [1.29, 1.82) is 0 Å². The highest BCUT2D eigenvalue weighted by molar-refractivity contribution is 6.37. The van der Waals surface area contributed by atoms with Crippen molar-refractivity contribution in [2.75, 3.05) is 13.2 Å². The molecule has 1 aromatic carbocycles. The predicted octanol–water partition coefficient (Wildman–Crippen LogP) is 1.78. The van der Waals surface area contributed by atoms with Crippen molar-refractivity contribution >= 4 is 11.8 Å². The van der Waals surface area contributed by atoms with Gasteiger partial charge < -0.3 is 18.9 Å². The first kappa shape index (κ1) is 16.1.